The van der Waals surface area contributed by atoms with Crippen LogP contribution in [0, 0.1) is 6.92 Å². The van der Waals surface area contributed by atoms with Crippen LogP contribution >= 0.6 is 0 Å². The van der Waals surface area contributed by atoms with Crippen LogP contribution in [-0.2, 0) is 4.74 Å². The van der Waals surface area contributed by atoms with Crippen LogP contribution < -0.4 is 0 Å². The maximum Gasteiger partial charge on any atom is 0.0633 e. The molecule has 1 aromatic rings. The van der Waals surface area contributed by atoms with Gasteiger partial charge in [-0.05, 0) is 18.2 Å². The average molecular weight is 141 g/mol. The van der Waals surface area contributed by atoms with Crippen molar-refractivity contribution in [2.75, 3.05) is 14.2 Å². The molecule has 0 bridgehead atoms. The third-order valence-corrected chi connectivity index (χ3v) is 0.637. The Morgan fingerprint density at radius 2 is 2.00 bits per heavy atom. The van der Waals surface area contributed by atoms with Crippen LogP contribution in [0.2, 0.25) is 0 Å². The number of rotatable bonds is 0. The van der Waals surface area contributed by atoms with E-state index in [9.17, 15) is 0 Å². The van der Waals surface area contributed by atoms with Gasteiger partial charge in [0.25, 0.3) is 0 Å². The van der Waals surface area contributed by atoms with E-state index in [0.29, 0.717) is 0 Å². The molecule has 0 unspecified atom stereocenters. The fraction of sp³-hybridized carbons (Fsp3) is 0.500. The maximum atomic E-state index is 4.25. The SMILES string of the molecule is COC.Cc1ccnnn1. The van der Waals surface area contributed by atoms with Crippen molar-refractivity contribution in [2.24, 2.45) is 0 Å². The van der Waals surface area contributed by atoms with Gasteiger partial charge >= 0.3 is 0 Å². The van der Waals surface area contributed by atoms with Gasteiger partial charge in [-0.2, -0.15) is 0 Å². The summed E-state index contributed by atoms with van der Waals surface area (Å²) < 4.78 is 4.25. The molecule has 0 N–H and O–H groups in total. The minimum absolute atomic E-state index is 0.898. The summed E-state index contributed by atoms with van der Waals surface area (Å²) in [7, 11) is 3.25. The molecule has 0 saturated carbocycles. The monoisotopic (exact) mass is 141 g/mol. The van der Waals surface area contributed by atoms with Gasteiger partial charge in [0.05, 0.1) is 11.9 Å². The molecule has 0 aliphatic heterocycles. The zero-order valence-corrected chi connectivity index (χ0v) is 6.40. The fourth-order valence-corrected chi connectivity index (χ4v) is 0.301. The Balaban J connectivity index is 0.000000236. The first kappa shape index (κ1) is 8.97. The molecule has 0 fully saturated rings. The molecular weight excluding hydrogens is 130 g/mol. The molecule has 0 spiro atoms. The average Bonchev–Trinajstić information content (AvgIpc) is 1.91. The van der Waals surface area contributed by atoms with E-state index in [-0.39, 0.29) is 0 Å². The molecule has 0 atom stereocenters. The normalized spacial score (nSPS) is 7.90. The number of nitrogens with zero attached hydrogens (tertiary/aromatic N) is 3. The van der Waals surface area contributed by atoms with Crippen molar-refractivity contribution >= 4 is 0 Å². The second-order valence-electron chi connectivity index (χ2n) is 1.67. The molecule has 0 radical (unpaired) electrons. The fourth-order valence-electron chi connectivity index (χ4n) is 0.301. The number of hydrogen-bond acceptors (Lipinski definition) is 4. The molecule has 1 aromatic heterocycles. The van der Waals surface area contributed by atoms with Crippen molar-refractivity contribution in [2.45, 2.75) is 6.92 Å². The number of aryl methyl sites for hydroxylation is 1. The van der Waals surface area contributed by atoms with Gasteiger partial charge in [0, 0.05) is 14.2 Å². The van der Waals surface area contributed by atoms with Crippen molar-refractivity contribution < 1.29 is 4.74 Å². The predicted octanol–water partition coefficient (Wildman–Crippen LogP) is 0.443. The van der Waals surface area contributed by atoms with Crippen molar-refractivity contribution in [3.63, 3.8) is 0 Å². The zero-order valence-electron chi connectivity index (χ0n) is 6.40. The molecule has 56 valence electrons. The minimum Gasteiger partial charge on any atom is -0.388 e. The van der Waals surface area contributed by atoms with Gasteiger partial charge in [-0.1, -0.05) is 0 Å². The van der Waals surface area contributed by atoms with Crippen LogP contribution in [0.1, 0.15) is 5.69 Å². The lowest BCUT2D eigenvalue weighted by Crippen LogP contribution is -1.85. The summed E-state index contributed by atoms with van der Waals surface area (Å²) >= 11 is 0. The quantitative estimate of drug-likeness (QED) is 0.526. The molecule has 1 rings (SSSR count). The molecule has 1 heterocycles. The van der Waals surface area contributed by atoms with E-state index in [2.05, 4.69) is 20.1 Å². The van der Waals surface area contributed by atoms with Crippen LogP contribution in [0.25, 0.3) is 0 Å². The topological polar surface area (TPSA) is 47.9 Å². The Kier molecular flexibility index (Phi) is 5.47. The van der Waals surface area contributed by atoms with Crippen LogP contribution in [0.5, 0.6) is 0 Å². The number of methoxy groups -OCH3 is 1. The molecule has 10 heavy (non-hydrogen) atoms. The van der Waals surface area contributed by atoms with Gasteiger partial charge in [0.1, 0.15) is 0 Å². The van der Waals surface area contributed by atoms with Crippen molar-refractivity contribution in [1.82, 2.24) is 15.4 Å². The number of aromatic nitrogens is 3. The Morgan fingerprint density at radius 1 is 1.40 bits per heavy atom. The van der Waals surface area contributed by atoms with Gasteiger partial charge in [-0.15, -0.1) is 10.2 Å². The van der Waals surface area contributed by atoms with Crippen LogP contribution in [-0.4, -0.2) is 29.6 Å². The first-order chi connectivity index (χ1) is 4.81. The maximum absolute atomic E-state index is 4.25. The first-order valence-electron chi connectivity index (χ1n) is 2.82. The lowest BCUT2D eigenvalue weighted by atomic mass is 10.5. The molecule has 0 aromatic carbocycles. The van der Waals surface area contributed by atoms with E-state index >= 15 is 0 Å². The van der Waals surface area contributed by atoms with E-state index in [1.807, 2.05) is 6.92 Å². The highest BCUT2D eigenvalue weighted by molar-refractivity contribution is 4.89. The van der Waals surface area contributed by atoms with Crippen molar-refractivity contribution in [3.05, 3.63) is 18.0 Å². The molecule has 0 aliphatic carbocycles. The minimum atomic E-state index is 0.898. The highest BCUT2D eigenvalue weighted by atomic mass is 16.4. The molecule has 0 saturated heterocycles. The van der Waals surface area contributed by atoms with Crippen LogP contribution in [0.3, 0.4) is 0 Å². The van der Waals surface area contributed by atoms with Crippen molar-refractivity contribution in [1.29, 1.82) is 0 Å². The second kappa shape index (κ2) is 6.10. The third-order valence-electron chi connectivity index (χ3n) is 0.637. The summed E-state index contributed by atoms with van der Waals surface area (Å²) in [6.45, 7) is 1.87. The van der Waals surface area contributed by atoms with E-state index in [4.69, 9.17) is 0 Å². The van der Waals surface area contributed by atoms with Gasteiger partial charge in [-0.3, -0.25) is 0 Å². The molecule has 4 heteroatoms. The van der Waals surface area contributed by atoms with Gasteiger partial charge in [0.15, 0.2) is 0 Å². The molecule has 0 aliphatic rings. The van der Waals surface area contributed by atoms with E-state index in [0.717, 1.165) is 5.69 Å². The van der Waals surface area contributed by atoms with E-state index in [1.54, 1.807) is 26.5 Å². The second-order valence-corrected chi connectivity index (χ2v) is 1.67. The summed E-state index contributed by atoms with van der Waals surface area (Å²) in [5.74, 6) is 0. The van der Waals surface area contributed by atoms with Crippen LogP contribution in [0.15, 0.2) is 12.3 Å². The van der Waals surface area contributed by atoms with E-state index in [1.165, 1.54) is 0 Å². The zero-order chi connectivity index (χ0) is 7.82. The molecular formula is C6H11N3O. The third kappa shape index (κ3) is 5.11. The highest BCUT2D eigenvalue weighted by Gasteiger charge is 1.76. The molecule has 0 amide bonds. The summed E-state index contributed by atoms with van der Waals surface area (Å²) in [5, 5.41) is 10.5. The van der Waals surface area contributed by atoms with E-state index < -0.39 is 0 Å². The van der Waals surface area contributed by atoms with Gasteiger partial charge in [0.2, 0.25) is 0 Å². The van der Waals surface area contributed by atoms with Crippen LogP contribution in [0.4, 0.5) is 0 Å². The smallest absolute Gasteiger partial charge is 0.0633 e. The lowest BCUT2D eigenvalue weighted by Gasteiger charge is -1.79. The summed E-state index contributed by atoms with van der Waals surface area (Å²) in [6.07, 6.45) is 1.61. The summed E-state index contributed by atoms with van der Waals surface area (Å²) in [5.41, 5.74) is 0.898. The standard InChI is InChI=1S/C4H5N3.C2H6O/c1-4-2-3-5-7-6-4;1-3-2/h2-3H,1H3;1-2H3. The molecule has 4 nitrogen and oxygen atoms in total. The Morgan fingerprint density at radius 3 is 2.20 bits per heavy atom. The highest BCUT2D eigenvalue weighted by Crippen LogP contribution is 1.79. The largest absolute Gasteiger partial charge is 0.388 e. The number of hydrogen-bond donors (Lipinski definition) is 0. The number of ether oxygens (including phenoxy) is 1. The van der Waals surface area contributed by atoms with Gasteiger partial charge < -0.3 is 4.74 Å². The summed E-state index contributed by atoms with van der Waals surface area (Å²) in [6, 6.07) is 1.80. The van der Waals surface area contributed by atoms with Gasteiger partial charge in [-0.25, -0.2) is 0 Å². The Bertz CT molecular complexity index is 154. The summed E-state index contributed by atoms with van der Waals surface area (Å²) in [4.78, 5) is 0. The Labute approximate surface area is 60.2 Å². The Hall–Kier alpha value is -1.03. The lowest BCUT2D eigenvalue weighted by molar-refractivity contribution is 0.277. The predicted molar refractivity (Wildman–Crippen MR) is 37.5 cm³/mol. The van der Waals surface area contributed by atoms with Crippen molar-refractivity contribution in [3.8, 4) is 0 Å². The first-order valence-corrected chi connectivity index (χ1v) is 2.82.